The van der Waals surface area contributed by atoms with E-state index in [1.54, 1.807) is 48.7 Å². The van der Waals surface area contributed by atoms with Gasteiger partial charge in [-0.05, 0) is 54.5 Å². The summed E-state index contributed by atoms with van der Waals surface area (Å²) in [6.07, 6.45) is 1.30. The monoisotopic (exact) mass is 796 g/mol. The topological polar surface area (TPSA) is 236 Å². The van der Waals surface area contributed by atoms with E-state index in [0.717, 1.165) is 27.6 Å². The van der Waals surface area contributed by atoms with Gasteiger partial charge in [-0.3, -0.25) is 24.0 Å². The number of benzene rings is 2. The van der Waals surface area contributed by atoms with Crippen LogP contribution in [0.25, 0.3) is 22.3 Å². The van der Waals surface area contributed by atoms with Gasteiger partial charge in [0, 0.05) is 48.1 Å². The Morgan fingerprint density at radius 1 is 1.02 bits per heavy atom. The summed E-state index contributed by atoms with van der Waals surface area (Å²) in [6.45, 7) is 2.78. The summed E-state index contributed by atoms with van der Waals surface area (Å²) in [4.78, 5) is 81.5. The zero-order valence-electron chi connectivity index (χ0n) is 32.1. The van der Waals surface area contributed by atoms with E-state index in [1.807, 2.05) is 6.07 Å². The molecule has 4 aromatic rings. The lowest BCUT2D eigenvalue weighted by Crippen LogP contribution is -2.52. The first-order valence-corrected chi connectivity index (χ1v) is 19.2. The second kappa shape index (κ2) is 16.4. The van der Waals surface area contributed by atoms with Crippen LogP contribution < -0.4 is 37.9 Å². The number of nitrogens with zero attached hydrogens (tertiary/aromatic N) is 2. The highest BCUT2D eigenvalue weighted by Gasteiger charge is 2.46. The minimum Gasteiger partial charge on any atom is -0.458 e. The van der Waals surface area contributed by atoms with Gasteiger partial charge in [-0.15, -0.1) is 0 Å². The van der Waals surface area contributed by atoms with E-state index in [-0.39, 0.29) is 69.3 Å². The lowest BCUT2D eigenvalue weighted by Gasteiger charge is -2.31. The minimum atomic E-state index is -1.99. The summed E-state index contributed by atoms with van der Waals surface area (Å²) in [5.41, 5.74) is 8.38. The Hall–Kier alpha value is -6.04. The highest BCUT2D eigenvalue weighted by Crippen LogP contribution is 2.45. The number of aliphatic hydroxyl groups is 1. The van der Waals surface area contributed by atoms with Crippen molar-refractivity contribution in [2.45, 2.75) is 70.4 Å². The summed E-state index contributed by atoms with van der Waals surface area (Å²) in [6, 6.07) is 10.8. The van der Waals surface area contributed by atoms with Crippen LogP contribution in [0.3, 0.4) is 0 Å². The van der Waals surface area contributed by atoms with E-state index >= 15 is 4.39 Å². The van der Waals surface area contributed by atoms with E-state index in [1.165, 1.54) is 6.07 Å². The van der Waals surface area contributed by atoms with Crippen LogP contribution in [0.15, 0.2) is 47.3 Å². The highest BCUT2D eigenvalue weighted by atomic mass is 19.1. The van der Waals surface area contributed by atoms with Crippen molar-refractivity contribution >= 4 is 40.5 Å². The first kappa shape index (κ1) is 40.2. The van der Waals surface area contributed by atoms with Crippen LogP contribution in [0, 0.1) is 12.7 Å². The number of halogens is 1. The average Bonchev–Trinajstić information content (AvgIpc) is 3.60. The van der Waals surface area contributed by atoms with Gasteiger partial charge in [0.05, 0.1) is 48.6 Å². The number of pyridine rings is 2. The van der Waals surface area contributed by atoms with E-state index < -0.39 is 52.6 Å². The second-order valence-corrected chi connectivity index (χ2v) is 14.7. The zero-order valence-corrected chi connectivity index (χ0v) is 32.1. The van der Waals surface area contributed by atoms with Crippen molar-refractivity contribution in [1.29, 1.82) is 0 Å². The minimum absolute atomic E-state index is 0.00132. The summed E-state index contributed by atoms with van der Waals surface area (Å²) >= 11 is 0. The number of hydrogen-bond acceptors (Lipinski definition) is 11. The number of aryl methyl sites for hydroxylation is 1. The van der Waals surface area contributed by atoms with Gasteiger partial charge in [0.2, 0.25) is 23.6 Å². The van der Waals surface area contributed by atoms with Gasteiger partial charge in [-0.1, -0.05) is 37.3 Å². The number of amides is 4. The normalized spacial score (nSPS) is 18.0. The van der Waals surface area contributed by atoms with Gasteiger partial charge in [0.25, 0.3) is 5.56 Å². The van der Waals surface area contributed by atoms with Gasteiger partial charge in [-0.25, -0.2) is 14.2 Å². The van der Waals surface area contributed by atoms with Crippen molar-refractivity contribution in [3.63, 3.8) is 0 Å². The zero-order chi connectivity index (χ0) is 41.3. The molecule has 1 aliphatic carbocycles. The molecule has 2 aromatic carbocycles. The fraction of sp³-hybridized carbons (Fsp3) is 0.390. The molecule has 2 aliphatic heterocycles. The molecule has 17 heteroatoms. The molecule has 16 nitrogen and oxygen atoms in total. The molecule has 0 saturated carbocycles. The maximum absolute atomic E-state index is 15.3. The van der Waals surface area contributed by atoms with Crippen molar-refractivity contribution < 1.29 is 38.2 Å². The lowest BCUT2D eigenvalue weighted by molar-refractivity contribution is -0.172. The molecule has 58 heavy (non-hydrogen) atoms. The van der Waals surface area contributed by atoms with E-state index in [4.69, 9.17) is 15.5 Å². The van der Waals surface area contributed by atoms with Gasteiger partial charge in [-0.2, -0.15) is 0 Å². The standard InChI is InChI=1S/C41H45FN8O8/c1-3-41(57)26-14-31-37-24(19-50(31)39(55)25(26)20-58-40(41)56)36-28(10-9-23-21(2)27(42)15-29(49-37)35(23)36)44-11-12-45-33(52)17-47-38(54)30(13-22-7-5-4-6-8-22)48-34(53)18-46-32(51)16-43/h4-8,14-15,28,30,44,57H,3,9-13,16-20,43H2,1-2H3,(H,45,52)(H,46,51)(H,47,54)(H,48,53)/t28-,30-,41-/m0/s1. The molecule has 0 saturated heterocycles. The first-order valence-electron chi connectivity index (χ1n) is 19.2. The largest absolute Gasteiger partial charge is 0.458 e. The first-order chi connectivity index (χ1) is 27.8. The molecule has 8 N–H and O–H groups in total. The van der Waals surface area contributed by atoms with Crippen LogP contribution in [-0.2, 0) is 60.3 Å². The van der Waals surface area contributed by atoms with Crippen LogP contribution in [0.4, 0.5) is 4.39 Å². The van der Waals surface area contributed by atoms with Crippen molar-refractivity contribution in [1.82, 2.24) is 36.1 Å². The number of nitrogens with one attached hydrogen (secondary N) is 5. The van der Waals surface area contributed by atoms with E-state index in [0.29, 0.717) is 41.9 Å². The molecule has 0 bridgehead atoms. The number of aromatic nitrogens is 2. The van der Waals surface area contributed by atoms with Gasteiger partial charge < -0.3 is 46.7 Å². The Bertz CT molecular complexity index is 2400. The van der Waals surface area contributed by atoms with Gasteiger partial charge in [0.15, 0.2) is 5.60 Å². The predicted molar refractivity (Wildman–Crippen MR) is 208 cm³/mol. The smallest absolute Gasteiger partial charge is 0.343 e. The third-order valence-electron chi connectivity index (χ3n) is 11.2. The Balaban J connectivity index is 1.05. The van der Waals surface area contributed by atoms with Crippen molar-refractivity contribution in [3.8, 4) is 11.4 Å². The molecule has 0 unspecified atom stereocenters. The quantitative estimate of drug-likeness (QED) is 0.0590. The van der Waals surface area contributed by atoms with E-state index in [9.17, 15) is 33.9 Å². The Labute approximate surface area is 332 Å². The number of cyclic esters (lactones) is 1. The molecule has 4 heterocycles. The number of carbonyl (C=O) groups is 5. The van der Waals surface area contributed by atoms with E-state index in [2.05, 4.69) is 26.6 Å². The number of esters is 1. The molecule has 7 rings (SSSR count). The lowest BCUT2D eigenvalue weighted by atomic mass is 9.81. The second-order valence-electron chi connectivity index (χ2n) is 14.7. The van der Waals surface area contributed by atoms with Crippen LogP contribution in [-0.4, -0.2) is 83.0 Å². The van der Waals surface area contributed by atoms with Crippen LogP contribution in [0.5, 0.6) is 0 Å². The predicted octanol–water partition coefficient (Wildman–Crippen LogP) is 0.139. The molecule has 0 radical (unpaired) electrons. The Morgan fingerprint density at radius 3 is 2.52 bits per heavy atom. The number of hydrogen-bond donors (Lipinski definition) is 7. The summed E-state index contributed by atoms with van der Waals surface area (Å²) in [5.74, 6) is -3.38. The van der Waals surface area contributed by atoms with Crippen LogP contribution in [0.1, 0.15) is 64.8 Å². The fourth-order valence-corrected chi connectivity index (χ4v) is 8.12. The molecular formula is C41H45FN8O8. The molecule has 3 aliphatic rings. The number of ether oxygens (including phenoxy) is 1. The number of fused-ring (bicyclic) bond motifs is 5. The average molecular weight is 797 g/mol. The fourth-order valence-electron chi connectivity index (χ4n) is 8.12. The molecule has 4 amide bonds. The van der Waals surface area contributed by atoms with Gasteiger partial charge in [0.1, 0.15) is 18.5 Å². The maximum Gasteiger partial charge on any atom is 0.343 e. The molecule has 2 aromatic heterocycles. The number of carbonyl (C=O) groups excluding carboxylic acids is 5. The van der Waals surface area contributed by atoms with Crippen LogP contribution in [0.2, 0.25) is 0 Å². The molecular weight excluding hydrogens is 751 g/mol. The van der Waals surface area contributed by atoms with Crippen molar-refractivity contribution in [2.24, 2.45) is 5.73 Å². The number of nitrogens with two attached hydrogens (primary N) is 1. The maximum atomic E-state index is 15.3. The Kier molecular flexibility index (Phi) is 11.4. The third-order valence-corrected chi connectivity index (χ3v) is 11.2. The highest BCUT2D eigenvalue weighted by molar-refractivity contribution is 5.94. The Morgan fingerprint density at radius 2 is 1.78 bits per heavy atom. The molecule has 304 valence electrons. The third kappa shape index (κ3) is 7.55. The molecule has 0 fully saturated rings. The summed E-state index contributed by atoms with van der Waals surface area (Å²) in [5, 5.41) is 26.0. The van der Waals surface area contributed by atoms with Crippen LogP contribution >= 0.6 is 0 Å². The number of rotatable bonds is 14. The van der Waals surface area contributed by atoms with Crippen molar-refractivity contribution in [3.05, 3.63) is 97.6 Å². The molecule has 3 atom stereocenters. The molecule has 0 spiro atoms. The van der Waals surface area contributed by atoms with Crippen molar-refractivity contribution in [2.75, 3.05) is 32.7 Å². The summed E-state index contributed by atoms with van der Waals surface area (Å²) < 4.78 is 22.1. The SMILES string of the molecule is CC[C@@]1(O)C(=O)OCc2c1cc1n(c2=O)Cc2c-1nc1cc(F)c(C)c3c1c2[C@@H](NCCNC(=O)CNC(=O)[C@H](Cc1ccccc1)NC(=O)CNC(=O)CN)CC3. The summed E-state index contributed by atoms with van der Waals surface area (Å²) in [7, 11) is 0. The van der Waals surface area contributed by atoms with Gasteiger partial charge >= 0.3 is 5.97 Å².